The highest BCUT2D eigenvalue weighted by atomic mass is 16.5. The number of rotatable bonds is 3. The van der Waals surface area contributed by atoms with Crippen LogP contribution in [0, 0.1) is 5.41 Å². The average Bonchev–Trinajstić information content (AvgIpc) is 2.76. The van der Waals surface area contributed by atoms with Crippen LogP contribution in [0.3, 0.4) is 0 Å². The number of hydrogen-bond donors (Lipinski definition) is 2. The van der Waals surface area contributed by atoms with Crippen LogP contribution in [0.2, 0.25) is 0 Å². The molecule has 2 N–H and O–H groups in total. The van der Waals surface area contributed by atoms with Gasteiger partial charge in [-0.05, 0) is 31.2 Å². The van der Waals surface area contributed by atoms with E-state index in [9.17, 15) is 5.11 Å². The summed E-state index contributed by atoms with van der Waals surface area (Å²) in [5, 5.41) is 17.3. The van der Waals surface area contributed by atoms with Gasteiger partial charge in [0.2, 0.25) is 0 Å². The number of aromatic amines is 1. The molecule has 20 heavy (non-hydrogen) atoms. The van der Waals surface area contributed by atoms with Gasteiger partial charge in [-0.2, -0.15) is 5.10 Å². The number of aryl methyl sites for hydroxylation is 1. The Kier molecular flexibility index (Phi) is 4.10. The van der Waals surface area contributed by atoms with Gasteiger partial charge in [-0.3, -0.25) is 10.00 Å². The molecular weight excluding hydrogens is 254 g/mol. The Morgan fingerprint density at radius 3 is 3.10 bits per heavy atom. The van der Waals surface area contributed by atoms with Crippen molar-refractivity contribution >= 4 is 0 Å². The number of nitrogens with one attached hydrogen (secondary N) is 1. The predicted molar refractivity (Wildman–Crippen MR) is 76.5 cm³/mol. The number of aromatic nitrogens is 2. The van der Waals surface area contributed by atoms with Gasteiger partial charge in [0.1, 0.15) is 0 Å². The first-order chi connectivity index (χ1) is 9.70. The Bertz CT molecular complexity index is 460. The van der Waals surface area contributed by atoms with E-state index in [2.05, 4.69) is 22.0 Å². The minimum atomic E-state index is -0.160. The maximum absolute atomic E-state index is 9.58. The standard InChI is InChI=1S/C15H25N3O2/c1-15(10-19)9-18(6-7-20-11-15)8-14-12-4-2-3-5-13(12)16-17-14/h19H,2-11H2,1H3,(H,16,17). The third kappa shape index (κ3) is 2.90. The van der Waals surface area contributed by atoms with E-state index in [0.717, 1.165) is 39.1 Å². The molecule has 1 aliphatic heterocycles. The molecule has 112 valence electrons. The Hall–Kier alpha value is -0.910. The molecule has 0 bridgehead atoms. The Morgan fingerprint density at radius 1 is 1.40 bits per heavy atom. The Balaban J connectivity index is 1.71. The molecule has 1 aromatic rings. The molecule has 1 aliphatic carbocycles. The van der Waals surface area contributed by atoms with Gasteiger partial charge < -0.3 is 9.84 Å². The minimum Gasteiger partial charge on any atom is -0.396 e. The summed E-state index contributed by atoms with van der Waals surface area (Å²) in [5.41, 5.74) is 3.81. The van der Waals surface area contributed by atoms with Crippen molar-refractivity contribution in [2.45, 2.75) is 39.2 Å². The van der Waals surface area contributed by atoms with Crippen LogP contribution in [0.25, 0.3) is 0 Å². The summed E-state index contributed by atoms with van der Waals surface area (Å²) in [6, 6.07) is 0. The highest BCUT2D eigenvalue weighted by molar-refractivity contribution is 5.27. The molecule has 2 aliphatic rings. The number of hydrogen-bond acceptors (Lipinski definition) is 4. The maximum Gasteiger partial charge on any atom is 0.0797 e. The molecule has 1 aromatic heterocycles. The van der Waals surface area contributed by atoms with Crippen molar-refractivity contribution in [1.82, 2.24) is 15.1 Å². The SMILES string of the molecule is CC1(CO)COCCN(Cc2n[nH]c3c2CCCC3)C1. The second-order valence-electron chi connectivity index (χ2n) is 6.57. The van der Waals surface area contributed by atoms with Gasteiger partial charge in [0.05, 0.1) is 25.5 Å². The first-order valence-corrected chi connectivity index (χ1v) is 7.66. The fourth-order valence-electron chi connectivity index (χ4n) is 3.30. The van der Waals surface area contributed by atoms with Crippen molar-refractivity contribution in [2.24, 2.45) is 5.41 Å². The molecule has 3 rings (SSSR count). The van der Waals surface area contributed by atoms with Crippen molar-refractivity contribution in [3.8, 4) is 0 Å². The lowest BCUT2D eigenvalue weighted by Gasteiger charge is -2.30. The van der Waals surface area contributed by atoms with E-state index in [1.54, 1.807) is 0 Å². The quantitative estimate of drug-likeness (QED) is 0.870. The molecule has 5 nitrogen and oxygen atoms in total. The number of aliphatic hydroxyl groups excluding tert-OH is 1. The molecule has 1 saturated heterocycles. The van der Waals surface area contributed by atoms with Gasteiger partial charge in [0, 0.05) is 30.7 Å². The third-order valence-electron chi connectivity index (χ3n) is 4.50. The summed E-state index contributed by atoms with van der Waals surface area (Å²) in [6.07, 6.45) is 4.84. The summed E-state index contributed by atoms with van der Waals surface area (Å²) < 4.78 is 5.63. The molecule has 1 unspecified atom stereocenters. The highest BCUT2D eigenvalue weighted by Crippen LogP contribution is 2.25. The number of aliphatic hydroxyl groups is 1. The fourth-order valence-corrected chi connectivity index (χ4v) is 3.30. The zero-order chi connectivity index (χ0) is 14.0. The van der Waals surface area contributed by atoms with Gasteiger partial charge in [-0.15, -0.1) is 0 Å². The highest BCUT2D eigenvalue weighted by Gasteiger charge is 2.30. The lowest BCUT2D eigenvalue weighted by atomic mass is 9.92. The van der Waals surface area contributed by atoms with E-state index in [0.29, 0.717) is 6.61 Å². The molecular formula is C15H25N3O2. The van der Waals surface area contributed by atoms with Crippen molar-refractivity contribution in [1.29, 1.82) is 0 Å². The van der Waals surface area contributed by atoms with Crippen LogP contribution < -0.4 is 0 Å². The molecule has 1 atom stereocenters. The average molecular weight is 279 g/mol. The van der Waals surface area contributed by atoms with Crippen LogP contribution in [0.5, 0.6) is 0 Å². The van der Waals surface area contributed by atoms with Gasteiger partial charge in [0.15, 0.2) is 0 Å². The molecule has 0 amide bonds. The first-order valence-electron chi connectivity index (χ1n) is 7.66. The van der Waals surface area contributed by atoms with E-state index < -0.39 is 0 Å². The van der Waals surface area contributed by atoms with E-state index in [-0.39, 0.29) is 12.0 Å². The zero-order valence-corrected chi connectivity index (χ0v) is 12.3. The largest absolute Gasteiger partial charge is 0.396 e. The topological polar surface area (TPSA) is 61.4 Å². The Labute approximate surface area is 120 Å². The second-order valence-corrected chi connectivity index (χ2v) is 6.57. The van der Waals surface area contributed by atoms with Crippen LogP contribution in [0.4, 0.5) is 0 Å². The molecule has 1 fully saturated rings. The van der Waals surface area contributed by atoms with E-state index in [1.807, 2.05) is 0 Å². The summed E-state index contributed by atoms with van der Waals surface area (Å²) in [6.45, 7) is 6.28. The lowest BCUT2D eigenvalue weighted by Crippen LogP contribution is -2.38. The molecule has 0 spiro atoms. The van der Waals surface area contributed by atoms with E-state index in [1.165, 1.54) is 29.8 Å². The maximum atomic E-state index is 9.58. The number of H-pyrrole nitrogens is 1. The first kappa shape index (κ1) is 14.0. The van der Waals surface area contributed by atoms with Gasteiger partial charge >= 0.3 is 0 Å². The normalized spacial score (nSPS) is 28.1. The second kappa shape index (κ2) is 5.84. The Morgan fingerprint density at radius 2 is 2.25 bits per heavy atom. The lowest BCUT2D eigenvalue weighted by molar-refractivity contribution is 0.0346. The van der Waals surface area contributed by atoms with Crippen LogP contribution in [0.1, 0.15) is 36.7 Å². The summed E-state index contributed by atoms with van der Waals surface area (Å²) in [5.74, 6) is 0. The van der Waals surface area contributed by atoms with Crippen LogP contribution in [-0.4, -0.2) is 53.1 Å². The smallest absolute Gasteiger partial charge is 0.0797 e. The third-order valence-corrected chi connectivity index (χ3v) is 4.50. The van der Waals surface area contributed by atoms with Crippen molar-refractivity contribution in [3.63, 3.8) is 0 Å². The van der Waals surface area contributed by atoms with E-state index in [4.69, 9.17) is 4.74 Å². The zero-order valence-electron chi connectivity index (χ0n) is 12.3. The van der Waals surface area contributed by atoms with Crippen LogP contribution in [0.15, 0.2) is 0 Å². The number of fused-ring (bicyclic) bond motifs is 1. The number of nitrogens with zero attached hydrogens (tertiary/aromatic N) is 2. The molecule has 5 heteroatoms. The summed E-state index contributed by atoms with van der Waals surface area (Å²) in [4.78, 5) is 2.37. The van der Waals surface area contributed by atoms with Gasteiger partial charge in [-0.1, -0.05) is 6.92 Å². The number of ether oxygens (including phenoxy) is 1. The molecule has 0 saturated carbocycles. The monoisotopic (exact) mass is 279 g/mol. The van der Waals surface area contributed by atoms with Crippen molar-refractivity contribution in [2.75, 3.05) is 32.9 Å². The predicted octanol–water partition coefficient (Wildman–Crippen LogP) is 1.12. The molecule has 2 heterocycles. The summed E-state index contributed by atoms with van der Waals surface area (Å²) >= 11 is 0. The van der Waals surface area contributed by atoms with Crippen molar-refractivity contribution in [3.05, 3.63) is 17.0 Å². The van der Waals surface area contributed by atoms with Gasteiger partial charge in [-0.25, -0.2) is 0 Å². The fraction of sp³-hybridized carbons (Fsp3) is 0.800. The molecule has 0 radical (unpaired) electrons. The molecule has 0 aromatic carbocycles. The van der Waals surface area contributed by atoms with Crippen LogP contribution >= 0.6 is 0 Å². The minimum absolute atomic E-state index is 0.160. The van der Waals surface area contributed by atoms with Crippen LogP contribution in [-0.2, 0) is 24.1 Å². The summed E-state index contributed by atoms with van der Waals surface area (Å²) in [7, 11) is 0. The van der Waals surface area contributed by atoms with Crippen molar-refractivity contribution < 1.29 is 9.84 Å². The van der Waals surface area contributed by atoms with Gasteiger partial charge in [0.25, 0.3) is 0 Å². The van der Waals surface area contributed by atoms with E-state index >= 15 is 0 Å².